The Bertz CT molecular complexity index is 394. The summed E-state index contributed by atoms with van der Waals surface area (Å²) < 4.78 is 1.15. The Hall–Kier alpha value is -0.380. The molecule has 2 rings (SSSR count). The van der Waals surface area contributed by atoms with Crippen LogP contribution in [0, 0.1) is 0 Å². The second kappa shape index (κ2) is 6.18. The summed E-state index contributed by atoms with van der Waals surface area (Å²) in [5.74, 6) is 0. The maximum Gasteiger partial charge on any atom is 0.0326 e. The molecule has 0 radical (unpaired) electrons. The van der Waals surface area contributed by atoms with E-state index < -0.39 is 0 Å². The van der Waals surface area contributed by atoms with Crippen molar-refractivity contribution in [2.45, 2.75) is 51.2 Å². The molecule has 3 unspecified atom stereocenters. The molecule has 3 atom stereocenters. The Labute approximate surface area is 119 Å². The Balaban J connectivity index is 2.22. The molecule has 1 heterocycles. The summed E-state index contributed by atoms with van der Waals surface area (Å²) in [6.07, 6.45) is 3.83. The SMILES string of the molecule is CC1CCCC(CN)N1C(C)c1cccc(Br)c1. The van der Waals surface area contributed by atoms with E-state index >= 15 is 0 Å². The van der Waals surface area contributed by atoms with Crippen molar-refractivity contribution in [3.63, 3.8) is 0 Å². The molecule has 1 aromatic carbocycles. The van der Waals surface area contributed by atoms with Crippen molar-refractivity contribution in [1.29, 1.82) is 0 Å². The second-order valence-corrected chi connectivity index (χ2v) is 6.26. The van der Waals surface area contributed by atoms with Gasteiger partial charge in [-0.2, -0.15) is 0 Å². The molecular weight excluding hydrogens is 288 g/mol. The summed E-state index contributed by atoms with van der Waals surface area (Å²) in [5, 5.41) is 0. The van der Waals surface area contributed by atoms with Gasteiger partial charge in [-0.25, -0.2) is 0 Å². The van der Waals surface area contributed by atoms with Gasteiger partial charge in [0.2, 0.25) is 0 Å². The highest BCUT2D eigenvalue weighted by Gasteiger charge is 2.31. The van der Waals surface area contributed by atoms with Crippen molar-refractivity contribution in [2.75, 3.05) is 6.54 Å². The molecular formula is C15H23BrN2. The lowest BCUT2D eigenvalue weighted by atomic mass is 9.92. The van der Waals surface area contributed by atoms with E-state index in [1.165, 1.54) is 24.8 Å². The molecule has 1 saturated heterocycles. The summed E-state index contributed by atoms with van der Waals surface area (Å²) in [4.78, 5) is 2.60. The molecule has 0 saturated carbocycles. The summed E-state index contributed by atoms with van der Waals surface area (Å²) in [6, 6.07) is 10.2. The predicted molar refractivity (Wildman–Crippen MR) is 80.6 cm³/mol. The molecule has 0 aromatic heterocycles. The molecule has 1 aliphatic heterocycles. The van der Waals surface area contributed by atoms with E-state index in [4.69, 9.17) is 5.73 Å². The fourth-order valence-electron chi connectivity index (χ4n) is 3.18. The predicted octanol–water partition coefficient (Wildman–Crippen LogP) is 3.71. The highest BCUT2D eigenvalue weighted by Crippen LogP contribution is 2.32. The van der Waals surface area contributed by atoms with Gasteiger partial charge in [0.15, 0.2) is 0 Å². The number of rotatable bonds is 3. The van der Waals surface area contributed by atoms with Gasteiger partial charge in [0.05, 0.1) is 0 Å². The van der Waals surface area contributed by atoms with Gasteiger partial charge in [-0.3, -0.25) is 4.90 Å². The number of benzene rings is 1. The van der Waals surface area contributed by atoms with Crippen LogP contribution in [0.1, 0.15) is 44.7 Å². The molecule has 1 aliphatic rings. The molecule has 0 aliphatic carbocycles. The number of hydrogen-bond donors (Lipinski definition) is 1. The van der Waals surface area contributed by atoms with Crippen LogP contribution in [0.5, 0.6) is 0 Å². The van der Waals surface area contributed by atoms with Crippen LogP contribution in [-0.4, -0.2) is 23.5 Å². The summed E-state index contributed by atoms with van der Waals surface area (Å²) in [5.41, 5.74) is 7.32. The molecule has 18 heavy (non-hydrogen) atoms. The second-order valence-electron chi connectivity index (χ2n) is 5.35. The van der Waals surface area contributed by atoms with Crippen molar-refractivity contribution >= 4 is 15.9 Å². The van der Waals surface area contributed by atoms with Gasteiger partial charge in [-0.15, -0.1) is 0 Å². The largest absolute Gasteiger partial charge is 0.329 e. The van der Waals surface area contributed by atoms with E-state index in [9.17, 15) is 0 Å². The average Bonchev–Trinajstić information content (AvgIpc) is 2.37. The summed E-state index contributed by atoms with van der Waals surface area (Å²) >= 11 is 3.56. The van der Waals surface area contributed by atoms with Gasteiger partial charge in [-0.1, -0.05) is 34.5 Å². The minimum absolute atomic E-state index is 0.436. The monoisotopic (exact) mass is 310 g/mol. The maximum atomic E-state index is 5.95. The Morgan fingerprint density at radius 1 is 1.44 bits per heavy atom. The molecule has 3 heteroatoms. The minimum atomic E-state index is 0.436. The fraction of sp³-hybridized carbons (Fsp3) is 0.600. The zero-order valence-electron chi connectivity index (χ0n) is 11.3. The minimum Gasteiger partial charge on any atom is -0.329 e. The first-order valence-electron chi connectivity index (χ1n) is 6.86. The molecule has 0 spiro atoms. The molecule has 0 bridgehead atoms. The van der Waals surface area contributed by atoms with Gasteiger partial charge < -0.3 is 5.73 Å². The third-order valence-electron chi connectivity index (χ3n) is 4.14. The van der Waals surface area contributed by atoms with E-state index in [1.807, 2.05) is 0 Å². The first kappa shape index (κ1) is 14.0. The third-order valence-corrected chi connectivity index (χ3v) is 4.63. The Morgan fingerprint density at radius 3 is 2.89 bits per heavy atom. The van der Waals surface area contributed by atoms with Crippen LogP contribution in [0.2, 0.25) is 0 Å². The van der Waals surface area contributed by atoms with Crippen LogP contribution in [0.4, 0.5) is 0 Å². The van der Waals surface area contributed by atoms with E-state index in [-0.39, 0.29) is 0 Å². The van der Waals surface area contributed by atoms with E-state index in [1.54, 1.807) is 0 Å². The van der Waals surface area contributed by atoms with Gasteiger partial charge in [0, 0.05) is 29.1 Å². The zero-order chi connectivity index (χ0) is 13.1. The maximum absolute atomic E-state index is 5.95. The lowest BCUT2D eigenvalue weighted by Gasteiger charge is -2.44. The van der Waals surface area contributed by atoms with Crippen LogP contribution in [-0.2, 0) is 0 Å². The first-order chi connectivity index (χ1) is 8.63. The molecule has 2 nitrogen and oxygen atoms in total. The number of nitrogens with two attached hydrogens (primary N) is 1. The molecule has 2 N–H and O–H groups in total. The van der Waals surface area contributed by atoms with Crippen LogP contribution < -0.4 is 5.73 Å². The highest BCUT2D eigenvalue weighted by molar-refractivity contribution is 9.10. The quantitative estimate of drug-likeness (QED) is 0.922. The number of hydrogen-bond acceptors (Lipinski definition) is 2. The molecule has 100 valence electrons. The van der Waals surface area contributed by atoms with Crippen LogP contribution >= 0.6 is 15.9 Å². The Morgan fingerprint density at radius 2 is 2.22 bits per heavy atom. The normalized spacial score (nSPS) is 27.1. The van der Waals surface area contributed by atoms with Crippen molar-refractivity contribution < 1.29 is 0 Å². The van der Waals surface area contributed by atoms with Gasteiger partial charge >= 0.3 is 0 Å². The first-order valence-corrected chi connectivity index (χ1v) is 7.65. The van der Waals surface area contributed by atoms with Crippen LogP contribution in [0.3, 0.4) is 0 Å². The lowest BCUT2D eigenvalue weighted by molar-refractivity contribution is 0.0570. The van der Waals surface area contributed by atoms with Crippen LogP contribution in [0.25, 0.3) is 0 Å². The zero-order valence-corrected chi connectivity index (χ0v) is 12.9. The summed E-state index contributed by atoms with van der Waals surface area (Å²) in [6.45, 7) is 5.39. The molecule has 1 aromatic rings. The van der Waals surface area contributed by atoms with Crippen LogP contribution in [0.15, 0.2) is 28.7 Å². The van der Waals surface area contributed by atoms with E-state index in [2.05, 4.69) is 58.9 Å². The van der Waals surface area contributed by atoms with Gasteiger partial charge in [0.25, 0.3) is 0 Å². The van der Waals surface area contributed by atoms with Crippen molar-refractivity contribution in [3.8, 4) is 0 Å². The topological polar surface area (TPSA) is 29.3 Å². The number of likely N-dealkylation sites (tertiary alicyclic amines) is 1. The van der Waals surface area contributed by atoms with E-state index in [0.717, 1.165) is 11.0 Å². The molecule has 0 amide bonds. The van der Waals surface area contributed by atoms with Gasteiger partial charge in [0.1, 0.15) is 0 Å². The standard InChI is InChI=1S/C15H23BrN2/c1-11-5-3-8-15(10-17)18(11)12(2)13-6-4-7-14(16)9-13/h4,6-7,9,11-12,15H,3,5,8,10,17H2,1-2H3. The average molecular weight is 311 g/mol. The summed E-state index contributed by atoms with van der Waals surface area (Å²) in [7, 11) is 0. The number of halogens is 1. The molecule has 1 fully saturated rings. The van der Waals surface area contributed by atoms with Crippen molar-refractivity contribution in [1.82, 2.24) is 4.90 Å². The smallest absolute Gasteiger partial charge is 0.0326 e. The highest BCUT2D eigenvalue weighted by atomic mass is 79.9. The third kappa shape index (κ3) is 2.95. The lowest BCUT2D eigenvalue weighted by Crippen LogP contribution is -2.49. The van der Waals surface area contributed by atoms with Crippen molar-refractivity contribution in [3.05, 3.63) is 34.3 Å². The number of piperidine rings is 1. The fourth-order valence-corrected chi connectivity index (χ4v) is 3.60. The van der Waals surface area contributed by atoms with E-state index in [0.29, 0.717) is 18.1 Å². The Kier molecular flexibility index (Phi) is 4.82. The number of nitrogens with zero attached hydrogens (tertiary/aromatic N) is 1. The van der Waals surface area contributed by atoms with Crippen molar-refractivity contribution in [2.24, 2.45) is 5.73 Å². The van der Waals surface area contributed by atoms with Gasteiger partial charge in [-0.05, 0) is 44.4 Å².